The zero-order valence-corrected chi connectivity index (χ0v) is 8.70. The van der Waals surface area contributed by atoms with Crippen molar-refractivity contribution in [3.63, 3.8) is 0 Å². The summed E-state index contributed by atoms with van der Waals surface area (Å²) in [7, 11) is 0. The van der Waals surface area contributed by atoms with Crippen molar-refractivity contribution in [1.82, 2.24) is 10.5 Å². The number of carboxylic acids is 1. The Labute approximate surface area is 86.3 Å². The number of carboxylic acid groups (broad SMARTS) is 1. The van der Waals surface area contributed by atoms with Crippen LogP contribution in [0.2, 0.25) is 0 Å². The highest BCUT2D eigenvalue weighted by molar-refractivity contribution is 5.98. The first-order valence-corrected chi connectivity index (χ1v) is 4.40. The molecule has 1 amide bonds. The van der Waals surface area contributed by atoms with Crippen molar-refractivity contribution >= 4 is 11.9 Å². The van der Waals surface area contributed by atoms with Gasteiger partial charge in [-0.25, -0.2) is 0 Å². The minimum absolute atomic E-state index is 0.295. The maximum absolute atomic E-state index is 11.6. The van der Waals surface area contributed by atoms with E-state index in [0.29, 0.717) is 17.0 Å². The molecule has 2 N–H and O–H groups in total. The molecule has 0 aromatic carbocycles. The average molecular weight is 212 g/mol. The van der Waals surface area contributed by atoms with E-state index in [-0.39, 0.29) is 0 Å². The summed E-state index contributed by atoms with van der Waals surface area (Å²) in [6, 6.07) is -0.939. The van der Waals surface area contributed by atoms with Gasteiger partial charge in [0, 0.05) is 0 Å². The van der Waals surface area contributed by atoms with Gasteiger partial charge in [-0.1, -0.05) is 5.16 Å². The number of aliphatic carboxylic acids is 1. The van der Waals surface area contributed by atoms with Crippen LogP contribution in [0.1, 0.15) is 28.7 Å². The number of hydrogen-bond donors (Lipinski definition) is 2. The SMILES string of the molecule is Cc1noc(C)c1C(=O)N[C@@H](C)C(=O)O. The van der Waals surface area contributed by atoms with Gasteiger partial charge in [0.05, 0.1) is 5.69 Å². The van der Waals surface area contributed by atoms with Crippen LogP contribution >= 0.6 is 0 Å². The van der Waals surface area contributed by atoms with Crippen LogP contribution in [0.15, 0.2) is 4.52 Å². The lowest BCUT2D eigenvalue weighted by atomic mass is 10.2. The van der Waals surface area contributed by atoms with Crippen LogP contribution in [0.3, 0.4) is 0 Å². The Hall–Kier alpha value is -1.85. The molecule has 0 unspecified atom stereocenters. The summed E-state index contributed by atoms with van der Waals surface area (Å²) < 4.78 is 4.80. The zero-order chi connectivity index (χ0) is 11.6. The Kier molecular flexibility index (Phi) is 3.08. The molecule has 6 heteroatoms. The molecule has 1 aromatic heterocycles. The number of aromatic nitrogens is 1. The molecule has 1 aromatic rings. The second-order valence-corrected chi connectivity index (χ2v) is 3.23. The summed E-state index contributed by atoms with van der Waals surface area (Å²) in [5.74, 6) is -1.20. The lowest BCUT2D eigenvalue weighted by Gasteiger charge is -2.08. The van der Waals surface area contributed by atoms with E-state index in [0.717, 1.165) is 0 Å². The van der Waals surface area contributed by atoms with Gasteiger partial charge in [-0.15, -0.1) is 0 Å². The molecule has 15 heavy (non-hydrogen) atoms. The minimum atomic E-state index is -1.09. The molecule has 0 fully saturated rings. The monoisotopic (exact) mass is 212 g/mol. The van der Waals surface area contributed by atoms with E-state index < -0.39 is 17.9 Å². The summed E-state index contributed by atoms with van der Waals surface area (Å²) in [5, 5.41) is 14.5. The van der Waals surface area contributed by atoms with Crippen LogP contribution in [0.4, 0.5) is 0 Å². The summed E-state index contributed by atoms with van der Waals surface area (Å²) in [6.45, 7) is 4.61. The zero-order valence-electron chi connectivity index (χ0n) is 8.70. The van der Waals surface area contributed by atoms with Crippen LogP contribution in [-0.4, -0.2) is 28.2 Å². The predicted molar refractivity (Wildman–Crippen MR) is 50.5 cm³/mol. The Balaban J connectivity index is 2.82. The van der Waals surface area contributed by atoms with Crippen molar-refractivity contribution in [3.05, 3.63) is 17.0 Å². The molecule has 0 aliphatic rings. The van der Waals surface area contributed by atoms with E-state index in [1.807, 2.05) is 0 Å². The van der Waals surface area contributed by atoms with E-state index in [9.17, 15) is 9.59 Å². The second-order valence-electron chi connectivity index (χ2n) is 3.23. The first-order valence-electron chi connectivity index (χ1n) is 4.40. The number of nitrogens with one attached hydrogen (secondary N) is 1. The topological polar surface area (TPSA) is 92.4 Å². The maximum atomic E-state index is 11.6. The van der Waals surface area contributed by atoms with Gasteiger partial charge >= 0.3 is 5.97 Å². The fourth-order valence-electron chi connectivity index (χ4n) is 1.14. The largest absolute Gasteiger partial charge is 0.480 e. The van der Waals surface area contributed by atoms with E-state index in [2.05, 4.69) is 10.5 Å². The first-order chi connectivity index (χ1) is 6.93. The number of amides is 1. The van der Waals surface area contributed by atoms with Crippen LogP contribution in [0, 0.1) is 13.8 Å². The standard InChI is InChI=1S/C9H12N2O4/c1-4-7(6(3)15-11-4)8(12)10-5(2)9(13)14/h5H,1-3H3,(H,10,12)(H,13,14)/t5-/m0/s1. The fourth-order valence-corrected chi connectivity index (χ4v) is 1.14. The van der Waals surface area contributed by atoms with Gasteiger partial charge in [-0.2, -0.15) is 0 Å². The Bertz CT molecular complexity index is 377. The van der Waals surface area contributed by atoms with Gasteiger partial charge in [0.15, 0.2) is 0 Å². The molecule has 1 rings (SSSR count). The highest BCUT2D eigenvalue weighted by atomic mass is 16.5. The van der Waals surface area contributed by atoms with Crippen LogP contribution in [0.5, 0.6) is 0 Å². The molecule has 0 radical (unpaired) electrons. The predicted octanol–water partition coefficient (Wildman–Crippen LogP) is 0.494. The van der Waals surface area contributed by atoms with E-state index in [1.54, 1.807) is 13.8 Å². The normalized spacial score (nSPS) is 12.2. The van der Waals surface area contributed by atoms with Crippen molar-refractivity contribution in [2.24, 2.45) is 0 Å². The van der Waals surface area contributed by atoms with Gasteiger partial charge in [-0.05, 0) is 20.8 Å². The van der Waals surface area contributed by atoms with Crippen molar-refractivity contribution in [2.45, 2.75) is 26.8 Å². The van der Waals surface area contributed by atoms with E-state index >= 15 is 0 Å². The van der Waals surface area contributed by atoms with E-state index in [4.69, 9.17) is 9.63 Å². The van der Waals surface area contributed by atoms with Gasteiger partial charge < -0.3 is 14.9 Å². The Morgan fingerprint density at radius 2 is 2.07 bits per heavy atom. The summed E-state index contributed by atoms with van der Waals surface area (Å²) >= 11 is 0. The second kappa shape index (κ2) is 4.12. The van der Waals surface area contributed by atoms with Gasteiger partial charge in [0.25, 0.3) is 5.91 Å². The van der Waals surface area contributed by atoms with E-state index in [1.165, 1.54) is 6.92 Å². The highest BCUT2D eigenvalue weighted by Crippen LogP contribution is 2.11. The highest BCUT2D eigenvalue weighted by Gasteiger charge is 2.21. The lowest BCUT2D eigenvalue weighted by molar-refractivity contribution is -0.138. The number of hydrogen-bond acceptors (Lipinski definition) is 4. The fraction of sp³-hybridized carbons (Fsp3) is 0.444. The van der Waals surface area contributed by atoms with Crippen LogP contribution < -0.4 is 5.32 Å². The van der Waals surface area contributed by atoms with Crippen LogP contribution in [-0.2, 0) is 4.79 Å². The molecule has 0 aliphatic carbocycles. The molecular formula is C9H12N2O4. The number of carbonyl (C=O) groups is 2. The molecule has 0 saturated carbocycles. The molecule has 0 bridgehead atoms. The third-order valence-electron chi connectivity index (χ3n) is 1.98. The molecule has 0 spiro atoms. The molecule has 6 nitrogen and oxygen atoms in total. The van der Waals surface area contributed by atoms with Crippen molar-refractivity contribution in [3.8, 4) is 0 Å². The Morgan fingerprint density at radius 1 is 1.47 bits per heavy atom. The number of carbonyl (C=O) groups excluding carboxylic acids is 1. The van der Waals surface area contributed by atoms with Crippen molar-refractivity contribution in [1.29, 1.82) is 0 Å². The summed E-state index contributed by atoms with van der Waals surface area (Å²) in [4.78, 5) is 22.1. The quantitative estimate of drug-likeness (QED) is 0.760. The molecule has 1 atom stereocenters. The summed E-state index contributed by atoms with van der Waals surface area (Å²) in [6.07, 6.45) is 0. The molecule has 0 saturated heterocycles. The van der Waals surface area contributed by atoms with Crippen LogP contribution in [0.25, 0.3) is 0 Å². The molecule has 1 heterocycles. The average Bonchev–Trinajstić information content (AvgIpc) is 2.45. The third-order valence-corrected chi connectivity index (χ3v) is 1.98. The van der Waals surface area contributed by atoms with Gasteiger partial charge in [0.2, 0.25) is 0 Å². The first kappa shape index (κ1) is 11.2. The molecular weight excluding hydrogens is 200 g/mol. The van der Waals surface area contributed by atoms with Gasteiger partial charge in [-0.3, -0.25) is 9.59 Å². The number of aryl methyl sites for hydroxylation is 2. The van der Waals surface area contributed by atoms with Gasteiger partial charge in [0.1, 0.15) is 17.4 Å². The van der Waals surface area contributed by atoms with Crippen molar-refractivity contribution < 1.29 is 19.2 Å². The molecule has 82 valence electrons. The minimum Gasteiger partial charge on any atom is -0.480 e. The lowest BCUT2D eigenvalue weighted by Crippen LogP contribution is -2.38. The third kappa shape index (κ3) is 2.34. The van der Waals surface area contributed by atoms with Crippen molar-refractivity contribution in [2.75, 3.05) is 0 Å². The Morgan fingerprint density at radius 3 is 2.47 bits per heavy atom. The number of nitrogens with zero attached hydrogens (tertiary/aromatic N) is 1. The number of rotatable bonds is 3. The summed E-state index contributed by atoms with van der Waals surface area (Å²) in [5.41, 5.74) is 0.741. The maximum Gasteiger partial charge on any atom is 0.325 e. The smallest absolute Gasteiger partial charge is 0.325 e. The molecule has 0 aliphatic heterocycles.